The molecule has 2 rings (SSSR count). The summed E-state index contributed by atoms with van der Waals surface area (Å²) in [6, 6.07) is 12.9. The van der Waals surface area contributed by atoms with E-state index in [0.717, 1.165) is 39.1 Å². The molecule has 0 amide bonds. The number of unbranched alkanes of at least 4 members (excludes halogenated alkanes) is 1. The number of hydrogen-bond acceptors (Lipinski definition) is 3. The molecule has 25 heavy (non-hydrogen) atoms. The first kappa shape index (κ1) is 19.5. The van der Waals surface area contributed by atoms with Crippen molar-refractivity contribution >= 4 is 0 Å². The van der Waals surface area contributed by atoms with Gasteiger partial charge in [0.05, 0.1) is 13.2 Å². The summed E-state index contributed by atoms with van der Waals surface area (Å²) in [4.78, 5) is 4.47. The van der Waals surface area contributed by atoms with Crippen LogP contribution >= 0.6 is 0 Å². The van der Waals surface area contributed by atoms with Gasteiger partial charge in [-0.1, -0.05) is 57.5 Å². The van der Waals surface area contributed by atoms with Crippen LogP contribution in [-0.4, -0.2) is 24.8 Å². The Bertz CT molecular complexity index is 562. The Hall–Kier alpha value is -1.87. The van der Waals surface area contributed by atoms with Gasteiger partial charge in [-0.15, -0.1) is 0 Å². The van der Waals surface area contributed by atoms with E-state index in [1.807, 2.05) is 19.2 Å². The third kappa shape index (κ3) is 5.57. The zero-order chi connectivity index (χ0) is 18.1. The topological polar surface area (TPSA) is 31.4 Å². The van der Waals surface area contributed by atoms with Crippen LogP contribution in [0.2, 0.25) is 0 Å². The van der Waals surface area contributed by atoms with Crippen molar-refractivity contribution in [3.05, 3.63) is 59.3 Å². The number of nitrogens with zero attached hydrogens (tertiary/aromatic N) is 1. The maximum absolute atomic E-state index is 5.66. The van der Waals surface area contributed by atoms with Crippen molar-refractivity contribution in [1.29, 1.82) is 0 Å². The van der Waals surface area contributed by atoms with Crippen LogP contribution in [0.4, 0.5) is 0 Å². The van der Waals surface area contributed by atoms with Gasteiger partial charge in [0, 0.05) is 24.3 Å². The Balaban J connectivity index is 2.04. The van der Waals surface area contributed by atoms with Crippen LogP contribution in [0.15, 0.2) is 42.6 Å². The summed E-state index contributed by atoms with van der Waals surface area (Å²) in [7, 11) is 0. The summed E-state index contributed by atoms with van der Waals surface area (Å²) in [5.41, 5.74) is 3.70. The zero-order valence-electron chi connectivity index (χ0n) is 16.0. The van der Waals surface area contributed by atoms with Crippen molar-refractivity contribution < 1.29 is 9.47 Å². The van der Waals surface area contributed by atoms with Crippen molar-refractivity contribution in [3.63, 3.8) is 0 Å². The minimum absolute atomic E-state index is 0.0899. The average Bonchev–Trinajstić information content (AvgIpc) is 2.63. The molecule has 0 saturated carbocycles. The lowest BCUT2D eigenvalue weighted by molar-refractivity contribution is 0.151. The van der Waals surface area contributed by atoms with Crippen LogP contribution in [0.3, 0.4) is 0 Å². The minimum Gasteiger partial charge on any atom is -0.478 e. The van der Waals surface area contributed by atoms with Gasteiger partial charge in [0.1, 0.15) is 0 Å². The molecule has 1 aromatic carbocycles. The van der Waals surface area contributed by atoms with Crippen LogP contribution < -0.4 is 4.74 Å². The molecule has 0 aliphatic rings. The second kappa shape index (κ2) is 9.57. The molecule has 2 aromatic rings. The van der Waals surface area contributed by atoms with Crippen molar-refractivity contribution in [2.75, 3.05) is 19.8 Å². The normalized spacial score (nSPS) is 11.5. The minimum atomic E-state index is -0.0899. The number of aromatic nitrogens is 1. The average molecular weight is 341 g/mol. The summed E-state index contributed by atoms with van der Waals surface area (Å²) >= 11 is 0. The Morgan fingerprint density at radius 1 is 0.920 bits per heavy atom. The SMILES string of the molecule is CCCCOc1ccc(C(C)(C)c2ccc(CCOCC)cc2)cn1. The summed E-state index contributed by atoms with van der Waals surface area (Å²) in [5, 5.41) is 0. The fraction of sp³-hybridized carbons (Fsp3) is 0.500. The third-order valence-electron chi connectivity index (χ3n) is 4.62. The fourth-order valence-electron chi connectivity index (χ4n) is 2.75. The highest BCUT2D eigenvalue weighted by Gasteiger charge is 2.23. The van der Waals surface area contributed by atoms with Gasteiger partial charge in [-0.2, -0.15) is 0 Å². The van der Waals surface area contributed by atoms with Gasteiger partial charge in [-0.3, -0.25) is 0 Å². The monoisotopic (exact) mass is 341 g/mol. The van der Waals surface area contributed by atoms with Gasteiger partial charge in [-0.25, -0.2) is 4.98 Å². The molecule has 0 bridgehead atoms. The number of hydrogen-bond donors (Lipinski definition) is 0. The summed E-state index contributed by atoms with van der Waals surface area (Å²) in [6.45, 7) is 10.9. The second-order valence-corrected chi connectivity index (χ2v) is 6.86. The molecular formula is C22H31NO2. The number of ether oxygens (including phenoxy) is 2. The van der Waals surface area contributed by atoms with Crippen LogP contribution in [0, 0.1) is 0 Å². The van der Waals surface area contributed by atoms with E-state index in [4.69, 9.17) is 9.47 Å². The smallest absolute Gasteiger partial charge is 0.213 e. The van der Waals surface area contributed by atoms with Crippen molar-refractivity contribution in [2.45, 2.75) is 52.4 Å². The van der Waals surface area contributed by atoms with E-state index < -0.39 is 0 Å². The van der Waals surface area contributed by atoms with Crippen LogP contribution in [-0.2, 0) is 16.6 Å². The largest absolute Gasteiger partial charge is 0.478 e. The second-order valence-electron chi connectivity index (χ2n) is 6.86. The van der Waals surface area contributed by atoms with E-state index in [-0.39, 0.29) is 5.41 Å². The molecule has 136 valence electrons. The molecule has 0 fully saturated rings. The first-order chi connectivity index (χ1) is 12.1. The van der Waals surface area contributed by atoms with Crippen molar-refractivity contribution in [3.8, 4) is 5.88 Å². The van der Waals surface area contributed by atoms with E-state index in [9.17, 15) is 0 Å². The third-order valence-corrected chi connectivity index (χ3v) is 4.62. The highest BCUT2D eigenvalue weighted by molar-refractivity contribution is 5.38. The lowest BCUT2D eigenvalue weighted by Crippen LogP contribution is -2.19. The molecule has 0 unspecified atom stereocenters. The van der Waals surface area contributed by atoms with Crippen molar-refractivity contribution in [2.24, 2.45) is 0 Å². The number of pyridine rings is 1. The Morgan fingerprint density at radius 2 is 1.64 bits per heavy atom. The van der Waals surface area contributed by atoms with E-state index in [1.54, 1.807) is 0 Å². The molecule has 3 nitrogen and oxygen atoms in total. The fourth-order valence-corrected chi connectivity index (χ4v) is 2.75. The molecule has 0 N–H and O–H groups in total. The molecular weight excluding hydrogens is 310 g/mol. The molecule has 0 saturated heterocycles. The molecule has 0 aliphatic heterocycles. The standard InChI is InChI=1S/C22H31NO2/c1-5-7-15-25-21-13-12-20(17-23-21)22(3,4)19-10-8-18(9-11-19)14-16-24-6-2/h8-13,17H,5-7,14-16H2,1-4H3. The Kier molecular flexibility index (Phi) is 7.45. The van der Waals surface area contributed by atoms with Gasteiger partial charge in [0.2, 0.25) is 5.88 Å². The first-order valence-electron chi connectivity index (χ1n) is 9.34. The predicted molar refractivity (Wildman–Crippen MR) is 103 cm³/mol. The van der Waals surface area contributed by atoms with E-state index in [2.05, 4.69) is 56.1 Å². The molecule has 0 spiro atoms. The van der Waals surface area contributed by atoms with Crippen molar-refractivity contribution in [1.82, 2.24) is 4.98 Å². The highest BCUT2D eigenvalue weighted by Crippen LogP contribution is 2.31. The van der Waals surface area contributed by atoms with Crippen LogP contribution in [0.1, 0.15) is 57.2 Å². The molecule has 0 aliphatic carbocycles. The van der Waals surface area contributed by atoms with Crippen LogP contribution in [0.25, 0.3) is 0 Å². The number of benzene rings is 1. The molecule has 0 atom stereocenters. The number of rotatable bonds is 10. The Labute approximate surface area is 152 Å². The maximum Gasteiger partial charge on any atom is 0.213 e. The van der Waals surface area contributed by atoms with Gasteiger partial charge in [-0.05, 0) is 36.5 Å². The van der Waals surface area contributed by atoms with Crippen LogP contribution in [0.5, 0.6) is 5.88 Å². The van der Waals surface area contributed by atoms with Gasteiger partial charge in [0.15, 0.2) is 0 Å². The quantitative estimate of drug-likeness (QED) is 0.559. The Morgan fingerprint density at radius 3 is 2.24 bits per heavy atom. The predicted octanol–water partition coefficient (Wildman–Crippen LogP) is 5.17. The maximum atomic E-state index is 5.66. The molecule has 1 heterocycles. The zero-order valence-corrected chi connectivity index (χ0v) is 16.0. The lowest BCUT2D eigenvalue weighted by Gasteiger charge is -2.26. The highest BCUT2D eigenvalue weighted by atomic mass is 16.5. The van der Waals surface area contributed by atoms with E-state index in [1.165, 1.54) is 16.7 Å². The van der Waals surface area contributed by atoms with E-state index >= 15 is 0 Å². The lowest BCUT2D eigenvalue weighted by atomic mass is 9.78. The van der Waals surface area contributed by atoms with Gasteiger partial charge >= 0.3 is 0 Å². The van der Waals surface area contributed by atoms with Gasteiger partial charge in [0.25, 0.3) is 0 Å². The molecule has 3 heteroatoms. The first-order valence-corrected chi connectivity index (χ1v) is 9.34. The summed E-state index contributed by atoms with van der Waals surface area (Å²) < 4.78 is 11.1. The van der Waals surface area contributed by atoms with E-state index in [0.29, 0.717) is 5.88 Å². The van der Waals surface area contributed by atoms with Gasteiger partial charge < -0.3 is 9.47 Å². The molecule has 1 aromatic heterocycles. The summed E-state index contributed by atoms with van der Waals surface area (Å²) in [5.74, 6) is 0.708. The molecule has 0 radical (unpaired) electrons. The summed E-state index contributed by atoms with van der Waals surface area (Å²) in [6.07, 6.45) is 5.08.